The molecule has 1 aliphatic heterocycles. The van der Waals surface area contributed by atoms with Crippen molar-refractivity contribution >= 4 is 0 Å². The van der Waals surface area contributed by atoms with Crippen LogP contribution in [0.25, 0.3) is 0 Å². The lowest BCUT2D eigenvalue weighted by Crippen LogP contribution is -2.11. The van der Waals surface area contributed by atoms with Crippen LogP contribution in [0.15, 0.2) is 24.3 Å². The average molecular weight is 203 g/mol. The zero-order chi connectivity index (χ0) is 10.7. The van der Waals surface area contributed by atoms with Crippen LogP contribution in [-0.2, 0) is 0 Å². The second kappa shape index (κ2) is 4.80. The maximum absolute atomic E-state index is 3.44. The highest BCUT2D eigenvalue weighted by Gasteiger charge is 2.18. The lowest BCUT2D eigenvalue weighted by atomic mass is 9.88. The van der Waals surface area contributed by atoms with Gasteiger partial charge in [-0.15, -0.1) is 0 Å². The Labute approximate surface area is 92.9 Å². The van der Waals surface area contributed by atoms with Crippen LogP contribution < -0.4 is 5.32 Å². The topological polar surface area (TPSA) is 12.0 Å². The number of hydrogen-bond acceptors (Lipinski definition) is 1. The van der Waals surface area contributed by atoms with Crippen molar-refractivity contribution in [3.05, 3.63) is 35.4 Å². The minimum atomic E-state index is 0.705. The van der Waals surface area contributed by atoms with Gasteiger partial charge in [-0.05, 0) is 55.8 Å². The lowest BCUT2D eigenvalue weighted by Gasteiger charge is -2.18. The first-order valence-electron chi connectivity index (χ1n) is 6.03. The molecule has 1 aromatic carbocycles. The summed E-state index contributed by atoms with van der Waals surface area (Å²) in [6, 6.07) is 8.79. The Balaban J connectivity index is 2.00. The highest BCUT2D eigenvalue weighted by Crippen LogP contribution is 2.28. The van der Waals surface area contributed by atoms with Gasteiger partial charge in [0.15, 0.2) is 0 Å². The maximum Gasteiger partial charge on any atom is -0.00198 e. The molecule has 0 aliphatic carbocycles. The van der Waals surface area contributed by atoms with Crippen LogP contribution in [0.4, 0.5) is 0 Å². The lowest BCUT2D eigenvalue weighted by molar-refractivity contribution is 0.483. The van der Waals surface area contributed by atoms with E-state index in [1.54, 1.807) is 0 Å². The molecule has 1 nitrogen and oxygen atoms in total. The molecule has 0 radical (unpaired) electrons. The molecule has 2 rings (SSSR count). The van der Waals surface area contributed by atoms with Gasteiger partial charge in [0.25, 0.3) is 0 Å². The summed E-state index contributed by atoms with van der Waals surface area (Å²) in [7, 11) is 0. The zero-order valence-electron chi connectivity index (χ0n) is 9.79. The molecule has 1 heteroatoms. The van der Waals surface area contributed by atoms with Gasteiger partial charge in [0.1, 0.15) is 0 Å². The third kappa shape index (κ3) is 2.60. The molecule has 1 aliphatic rings. The van der Waals surface area contributed by atoms with E-state index in [0.717, 1.165) is 5.92 Å². The molecule has 0 aromatic heterocycles. The van der Waals surface area contributed by atoms with Crippen LogP contribution in [-0.4, -0.2) is 13.1 Å². The Hall–Kier alpha value is -0.820. The molecule has 2 unspecified atom stereocenters. The number of nitrogens with one attached hydrogen (secondary N) is 1. The summed E-state index contributed by atoms with van der Waals surface area (Å²) in [6.07, 6.45) is 2.69. The summed E-state index contributed by atoms with van der Waals surface area (Å²) >= 11 is 0. The SMILES string of the molecule is Cc1ccccc1C(C)CC1CCNC1. The van der Waals surface area contributed by atoms with Crippen molar-refractivity contribution in [2.45, 2.75) is 32.6 Å². The normalized spacial score (nSPS) is 22.9. The smallest absolute Gasteiger partial charge is 0.00198 e. The molecule has 0 amide bonds. The van der Waals surface area contributed by atoms with E-state index < -0.39 is 0 Å². The predicted octanol–water partition coefficient (Wildman–Crippen LogP) is 3.10. The molecule has 0 spiro atoms. The van der Waals surface area contributed by atoms with Gasteiger partial charge in [-0.1, -0.05) is 31.2 Å². The Kier molecular flexibility index (Phi) is 3.42. The highest BCUT2D eigenvalue weighted by molar-refractivity contribution is 5.28. The summed E-state index contributed by atoms with van der Waals surface area (Å²) in [5.41, 5.74) is 2.97. The van der Waals surface area contributed by atoms with Crippen molar-refractivity contribution in [1.82, 2.24) is 5.32 Å². The van der Waals surface area contributed by atoms with Crippen LogP contribution in [0.2, 0.25) is 0 Å². The highest BCUT2D eigenvalue weighted by atomic mass is 14.9. The maximum atomic E-state index is 3.44. The molecule has 15 heavy (non-hydrogen) atoms. The molecule has 0 saturated carbocycles. The monoisotopic (exact) mass is 203 g/mol. The fourth-order valence-electron chi connectivity index (χ4n) is 2.68. The predicted molar refractivity (Wildman–Crippen MR) is 65.2 cm³/mol. The van der Waals surface area contributed by atoms with E-state index in [0.29, 0.717) is 5.92 Å². The molecular weight excluding hydrogens is 182 g/mol. The van der Waals surface area contributed by atoms with Gasteiger partial charge in [-0.3, -0.25) is 0 Å². The third-order valence-corrected chi connectivity index (χ3v) is 3.57. The van der Waals surface area contributed by atoms with Gasteiger partial charge in [0.05, 0.1) is 0 Å². The molecule has 1 fully saturated rings. The number of aryl methyl sites for hydroxylation is 1. The van der Waals surface area contributed by atoms with E-state index in [-0.39, 0.29) is 0 Å². The number of hydrogen-bond donors (Lipinski definition) is 1. The van der Waals surface area contributed by atoms with Crippen LogP contribution in [0.5, 0.6) is 0 Å². The summed E-state index contributed by atoms with van der Waals surface area (Å²) < 4.78 is 0. The largest absolute Gasteiger partial charge is 0.316 e. The van der Waals surface area contributed by atoms with E-state index in [9.17, 15) is 0 Å². The van der Waals surface area contributed by atoms with Gasteiger partial charge >= 0.3 is 0 Å². The number of benzene rings is 1. The minimum Gasteiger partial charge on any atom is -0.316 e. The Morgan fingerprint density at radius 3 is 2.87 bits per heavy atom. The second-order valence-corrected chi connectivity index (χ2v) is 4.85. The van der Waals surface area contributed by atoms with E-state index >= 15 is 0 Å². The van der Waals surface area contributed by atoms with Crippen molar-refractivity contribution in [3.8, 4) is 0 Å². The van der Waals surface area contributed by atoms with Crippen LogP contribution in [0.1, 0.15) is 36.8 Å². The first-order chi connectivity index (χ1) is 7.27. The van der Waals surface area contributed by atoms with Crippen LogP contribution >= 0.6 is 0 Å². The second-order valence-electron chi connectivity index (χ2n) is 4.85. The Morgan fingerprint density at radius 2 is 2.20 bits per heavy atom. The Morgan fingerprint density at radius 1 is 1.40 bits per heavy atom. The standard InChI is InChI=1S/C14H21N/c1-11-5-3-4-6-14(11)12(2)9-13-7-8-15-10-13/h3-6,12-13,15H,7-10H2,1-2H3. The van der Waals surface area contributed by atoms with E-state index in [2.05, 4.69) is 43.4 Å². The molecular formula is C14H21N. The molecule has 1 N–H and O–H groups in total. The fraction of sp³-hybridized carbons (Fsp3) is 0.571. The first kappa shape index (κ1) is 10.7. The molecule has 2 atom stereocenters. The van der Waals surface area contributed by atoms with Crippen molar-refractivity contribution in [2.75, 3.05) is 13.1 Å². The Bertz CT molecular complexity index is 313. The fourth-order valence-corrected chi connectivity index (χ4v) is 2.68. The summed E-state index contributed by atoms with van der Waals surface area (Å²) in [4.78, 5) is 0. The van der Waals surface area contributed by atoms with E-state index in [4.69, 9.17) is 0 Å². The van der Waals surface area contributed by atoms with Crippen molar-refractivity contribution < 1.29 is 0 Å². The molecule has 1 saturated heterocycles. The molecule has 0 bridgehead atoms. The van der Waals surface area contributed by atoms with Gasteiger partial charge < -0.3 is 5.32 Å². The summed E-state index contributed by atoms with van der Waals surface area (Å²) in [5.74, 6) is 1.59. The zero-order valence-corrected chi connectivity index (χ0v) is 9.79. The van der Waals surface area contributed by atoms with E-state index in [1.165, 1.54) is 37.1 Å². The first-order valence-corrected chi connectivity index (χ1v) is 6.03. The summed E-state index contributed by atoms with van der Waals surface area (Å²) in [5, 5.41) is 3.44. The van der Waals surface area contributed by atoms with Crippen molar-refractivity contribution in [2.24, 2.45) is 5.92 Å². The van der Waals surface area contributed by atoms with Crippen LogP contribution in [0.3, 0.4) is 0 Å². The quantitative estimate of drug-likeness (QED) is 0.796. The summed E-state index contributed by atoms with van der Waals surface area (Å²) in [6.45, 7) is 7.01. The minimum absolute atomic E-state index is 0.705. The number of rotatable bonds is 3. The van der Waals surface area contributed by atoms with Gasteiger partial charge in [-0.2, -0.15) is 0 Å². The van der Waals surface area contributed by atoms with Crippen molar-refractivity contribution in [3.63, 3.8) is 0 Å². The van der Waals surface area contributed by atoms with Crippen molar-refractivity contribution in [1.29, 1.82) is 0 Å². The average Bonchev–Trinajstić information content (AvgIpc) is 2.71. The molecule has 82 valence electrons. The molecule has 1 aromatic rings. The molecule has 1 heterocycles. The van der Waals surface area contributed by atoms with Gasteiger partial charge in [-0.25, -0.2) is 0 Å². The third-order valence-electron chi connectivity index (χ3n) is 3.57. The van der Waals surface area contributed by atoms with Crippen LogP contribution in [0, 0.1) is 12.8 Å². The van der Waals surface area contributed by atoms with Gasteiger partial charge in [0, 0.05) is 0 Å². The van der Waals surface area contributed by atoms with Gasteiger partial charge in [0.2, 0.25) is 0 Å². The van der Waals surface area contributed by atoms with E-state index in [1.807, 2.05) is 0 Å².